The second-order valence-corrected chi connectivity index (χ2v) is 15.9. The van der Waals surface area contributed by atoms with Crippen molar-refractivity contribution in [3.05, 3.63) is 281 Å². The first kappa shape index (κ1) is 36.6. The maximum absolute atomic E-state index is 14.0. The molecule has 0 amide bonds. The first-order valence-corrected chi connectivity index (χ1v) is 20.6. The molecule has 9 aromatic carbocycles. The van der Waals surface area contributed by atoms with Gasteiger partial charge < -0.3 is 4.90 Å². The van der Waals surface area contributed by atoms with Crippen molar-refractivity contribution >= 4 is 17.1 Å². The molecule has 9 aromatic rings. The molecule has 0 fully saturated rings. The lowest BCUT2D eigenvalue weighted by molar-refractivity contribution is -0.137. The summed E-state index contributed by atoms with van der Waals surface area (Å²) in [6.45, 7) is 0. The van der Waals surface area contributed by atoms with Crippen LogP contribution in [0.2, 0.25) is 0 Å². The Morgan fingerprint density at radius 2 is 0.623 bits per heavy atom. The van der Waals surface area contributed by atoms with E-state index in [4.69, 9.17) is 0 Å². The number of fused-ring (bicyclic) bond motifs is 6. The van der Waals surface area contributed by atoms with Crippen LogP contribution < -0.4 is 4.90 Å². The Kier molecular flexibility index (Phi) is 8.47. The standard InChI is InChI=1S/C57H38F3N/c58-57(59,60)43-30-34-45(35-31-43)61(44-32-28-42(29-33-44)55(39-16-4-1-5-17-39)51-25-13-10-22-47(51)48-23-11-14-26-52(48)55)46-36-37-50-49-24-12-15-27-53(49)56(54(50)38-46,40-18-6-2-7-19-40)41-20-8-3-9-21-41/h1-38H. The monoisotopic (exact) mass is 793 g/mol. The maximum Gasteiger partial charge on any atom is 0.416 e. The fourth-order valence-electron chi connectivity index (χ4n) is 10.4. The minimum absolute atomic E-state index is 0.587. The van der Waals surface area contributed by atoms with Gasteiger partial charge in [0, 0.05) is 17.1 Å². The molecule has 0 N–H and O–H groups in total. The quantitative estimate of drug-likeness (QED) is 0.155. The number of rotatable bonds is 7. The molecule has 2 aliphatic carbocycles. The van der Waals surface area contributed by atoms with Gasteiger partial charge in [0.25, 0.3) is 0 Å². The second kappa shape index (κ2) is 14.1. The normalized spacial score (nSPS) is 14.1. The number of hydrogen-bond acceptors (Lipinski definition) is 1. The molecule has 61 heavy (non-hydrogen) atoms. The molecule has 0 heterocycles. The summed E-state index contributed by atoms with van der Waals surface area (Å²) in [4.78, 5) is 2.08. The molecule has 11 rings (SSSR count). The van der Waals surface area contributed by atoms with E-state index in [9.17, 15) is 13.2 Å². The van der Waals surface area contributed by atoms with Gasteiger partial charge in [0.2, 0.25) is 0 Å². The lowest BCUT2D eigenvalue weighted by atomic mass is 9.67. The van der Waals surface area contributed by atoms with Gasteiger partial charge in [-0.05, 0) is 115 Å². The highest BCUT2D eigenvalue weighted by atomic mass is 19.4. The number of hydrogen-bond donors (Lipinski definition) is 0. The highest BCUT2D eigenvalue weighted by Crippen LogP contribution is 2.58. The van der Waals surface area contributed by atoms with Crippen molar-refractivity contribution in [2.75, 3.05) is 4.90 Å². The fraction of sp³-hybridized carbons (Fsp3) is 0.0526. The predicted molar refractivity (Wildman–Crippen MR) is 241 cm³/mol. The van der Waals surface area contributed by atoms with Crippen LogP contribution in [-0.2, 0) is 17.0 Å². The summed E-state index contributed by atoms with van der Waals surface area (Å²) < 4.78 is 42.1. The molecule has 0 radical (unpaired) electrons. The fourth-order valence-corrected chi connectivity index (χ4v) is 10.4. The van der Waals surface area contributed by atoms with Crippen LogP contribution in [-0.4, -0.2) is 0 Å². The van der Waals surface area contributed by atoms with Gasteiger partial charge in [0.15, 0.2) is 0 Å². The lowest BCUT2D eigenvalue weighted by Crippen LogP contribution is -2.29. The van der Waals surface area contributed by atoms with Crippen molar-refractivity contribution in [3.63, 3.8) is 0 Å². The third kappa shape index (κ3) is 5.48. The Labute approximate surface area is 353 Å². The Balaban J connectivity index is 1.13. The molecule has 2 aliphatic rings. The molecule has 0 atom stereocenters. The van der Waals surface area contributed by atoms with Gasteiger partial charge in [0.05, 0.1) is 16.4 Å². The summed E-state index contributed by atoms with van der Waals surface area (Å²) in [5.74, 6) is 0. The van der Waals surface area contributed by atoms with Gasteiger partial charge in [-0.1, -0.05) is 182 Å². The van der Waals surface area contributed by atoms with Gasteiger partial charge in [-0.2, -0.15) is 13.2 Å². The Hall–Kier alpha value is -7.43. The SMILES string of the molecule is FC(F)(F)c1ccc(N(c2ccc(C3(c4ccccc4)c4ccccc4-c4ccccc43)cc2)c2ccc3c(c2)C(c2ccccc2)(c2ccccc2)c2ccccc2-3)cc1. The molecule has 0 saturated heterocycles. The van der Waals surface area contributed by atoms with E-state index in [-0.39, 0.29) is 0 Å². The summed E-state index contributed by atoms with van der Waals surface area (Å²) in [6, 6.07) is 78.4. The van der Waals surface area contributed by atoms with Gasteiger partial charge >= 0.3 is 6.18 Å². The third-order valence-corrected chi connectivity index (χ3v) is 12.9. The van der Waals surface area contributed by atoms with E-state index in [1.807, 2.05) is 18.2 Å². The average Bonchev–Trinajstić information content (AvgIpc) is 3.79. The minimum Gasteiger partial charge on any atom is -0.310 e. The van der Waals surface area contributed by atoms with Crippen molar-refractivity contribution in [1.82, 2.24) is 0 Å². The van der Waals surface area contributed by atoms with Crippen molar-refractivity contribution in [2.24, 2.45) is 0 Å². The van der Waals surface area contributed by atoms with Crippen molar-refractivity contribution in [1.29, 1.82) is 0 Å². The van der Waals surface area contributed by atoms with Crippen LogP contribution in [0.3, 0.4) is 0 Å². The van der Waals surface area contributed by atoms with Crippen LogP contribution in [0.15, 0.2) is 231 Å². The van der Waals surface area contributed by atoms with E-state index in [0.29, 0.717) is 5.69 Å². The first-order valence-electron chi connectivity index (χ1n) is 20.6. The van der Waals surface area contributed by atoms with Crippen LogP contribution in [0.1, 0.15) is 50.1 Å². The molecule has 0 unspecified atom stereocenters. The number of nitrogens with zero attached hydrogens (tertiary/aromatic N) is 1. The van der Waals surface area contributed by atoms with E-state index < -0.39 is 22.6 Å². The van der Waals surface area contributed by atoms with Crippen LogP contribution in [0.25, 0.3) is 22.3 Å². The zero-order valence-corrected chi connectivity index (χ0v) is 33.0. The predicted octanol–water partition coefficient (Wildman–Crippen LogP) is 14.9. The summed E-state index contributed by atoms with van der Waals surface area (Å²) >= 11 is 0. The largest absolute Gasteiger partial charge is 0.416 e. The van der Waals surface area contributed by atoms with Crippen molar-refractivity contribution in [3.8, 4) is 22.3 Å². The van der Waals surface area contributed by atoms with Gasteiger partial charge in [-0.3, -0.25) is 0 Å². The number of benzene rings is 9. The Morgan fingerprint density at radius 1 is 0.295 bits per heavy atom. The molecule has 292 valence electrons. The number of anilines is 3. The van der Waals surface area contributed by atoms with Gasteiger partial charge in [-0.25, -0.2) is 0 Å². The second-order valence-electron chi connectivity index (χ2n) is 15.9. The van der Waals surface area contributed by atoms with E-state index in [1.165, 1.54) is 39.9 Å². The minimum atomic E-state index is -4.46. The summed E-state index contributed by atoms with van der Waals surface area (Å²) in [5, 5.41) is 0. The van der Waals surface area contributed by atoms with Crippen molar-refractivity contribution < 1.29 is 13.2 Å². The maximum atomic E-state index is 14.0. The summed E-state index contributed by atoms with van der Waals surface area (Å²) in [5.41, 5.74) is 14.3. The van der Waals surface area contributed by atoms with Gasteiger partial charge in [-0.15, -0.1) is 0 Å². The first-order chi connectivity index (χ1) is 29.9. The molecule has 4 heteroatoms. The van der Waals surface area contributed by atoms with E-state index >= 15 is 0 Å². The summed E-state index contributed by atoms with van der Waals surface area (Å²) in [6.07, 6.45) is -4.46. The van der Waals surface area contributed by atoms with Crippen LogP contribution in [0.5, 0.6) is 0 Å². The topological polar surface area (TPSA) is 3.24 Å². The van der Waals surface area contributed by atoms with E-state index in [1.54, 1.807) is 12.1 Å². The van der Waals surface area contributed by atoms with Crippen LogP contribution >= 0.6 is 0 Å². The Morgan fingerprint density at radius 3 is 1.05 bits per heavy atom. The molecule has 0 spiro atoms. The van der Waals surface area contributed by atoms with Crippen LogP contribution in [0.4, 0.5) is 30.2 Å². The molecule has 0 aliphatic heterocycles. The third-order valence-electron chi connectivity index (χ3n) is 12.9. The molecule has 0 bridgehead atoms. The van der Waals surface area contributed by atoms with Crippen molar-refractivity contribution in [2.45, 2.75) is 17.0 Å². The molecule has 0 aromatic heterocycles. The van der Waals surface area contributed by atoms with E-state index in [0.717, 1.165) is 50.3 Å². The molecule has 1 nitrogen and oxygen atoms in total. The Bertz CT molecular complexity index is 2960. The molecule has 0 saturated carbocycles. The number of halogens is 3. The highest BCUT2D eigenvalue weighted by Gasteiger charge is 2.47. The highest BCUT2D eigenvalue weighted by molar-refractivity contribution is 5.90. The average molecular weight is 794 g/mol. The smallest absolute Gasteiger partial charge is 0.310 e. The zero-order valence-electron chi connectivity index (χ0n) is 33.0. The van der Waals surface area contributed by atoms with Gasteiger partial charge in [0.1, 0.15) is 0 Å². The molecular formula is C57H38F3N. The number of alkyl halides is 3. The molecular weight excluding hydrogens is 756 g/mol. The zero-order chi connectivity index (χ0) is 41.2. The van der Waals surface area contributed by atoms with Crippen LogP contribution in [0, 0.1) is 0 Å². The summed E-state index contributed by atoms with van der Waals surface area (Å²) in [7, 11) is 0. The van der Waals surface area contributed by atoms with E-state index in [2.05, 4.69) is 193 Å². The lowest BCUT2D eigenvalue weighted by Gasteiger charge is -2.35.